The van der Waals surface area contributed by atoms with Crippen LogP contribution in [0.5, 0.6) is 0 Å². The molecule has 0 aliphatic carbocycles. The molecule has 1 amide bonds. The third-order valence-electron chi connectivity index (χ3n) is 2.69. The number of sulfonamides is 1. The van der Waals surface area contributed by atoms with Gasteiger partial charge in [0.2, 0.25) is 5.91 Å². The van der Waals surface area contributed by atoms with E-state index in [0.717, 1.165) is 16.2 Å². The number of methoxy groups -OCH3 is 1. The van der Waals surface area contributed by atoms with Crippen LogP contribution in [-0.2, 0) is 19.6 Å². The number of hydrogen-bond donors (Lipinski definition) is 2. The third kappa shape index (κ3) is 4.96. The molecule has 2 aromatic heterocycles. The SMILES string of the molecule is CO[C@H](CNS(=O)(=O)c1cnc(NC(C)=O)s1)c1ccc(Cl)s1. The Morgan fingerprint density at radius 2 is 2.17 bits per heavy atom. The van der Waals surface area contributed by atoms with Gasteiger partial charge >= 0.3 is 0 Å². The molecule has 0 bridgehead atoms. The monoisotopic (exact) mass is 395 g/mol. The van der Waals surface area contributed by atoms with E-state index < -0.39 is 16.1 Å². The van der Waals surface area contributed by atoms with Crippen molar-refractivity contribution in [3.63, 3.8) is 0 Å². The lowest BCUT2D eigenvalue weighted by molar-refractivity contribution is -0.114. The fourth-order valence-corrected chi connectivity index (χ4v) is 4.94. The molecule has 1 atom stereocenters. The van der Waals surface area contributed by atoms with Gasteiger partial charge in [-0.25, -0.2) is 18.1 Å². The third-order valence-corrected chi connectivity index (χ3v) is 6.81. The maximum absolute atomic E-state index is 12.3. The second kappa shape index (κ2) is 7.69. The summed E-state index contributed by atoms with van der Waals surface area (Å²) in [6.45, 7) is 1.38. The highest BCUT2D eigenvalue weighted by Gasteiger charge is 2.21. The first kappa shape index (κ1) is 18.3. The average molecular weight is 396 g/mol. The molecular formula is C12H14ClN3O4S3. The highest BCUT2D eigenvalue weighted by Crippen LogP contribution is 2.29. The predicted octanol–water partition coefficient (Wildman–Crippen LogP) is 2.48. The fraction of sp³-hybridized carbons (Fsp3) is 0.333. The fourth-order valence-electron chi connectivity index (χ4n) is 1.65. The Morgan fingerprint density at radius 1 is 1.43 bits per heavy atom. The molecule has 0 radical (unpaired) electrons. The zero-order valence-electron chi connectivity index (χ0n) is 12.2. The maximum Gasteiger partial charge on any atom is 0.251 e. The number of thiophene rings is 1. The van der Waals surface area contributed by atoms with E-state index in [4.69, 9.17) is 16.3 Å². The number of hydrogen-bond acceptors (Lipinski definition) is 7. The number of amides is 1. The summed E-state index contributed by atoms with van der Waals surface area (Å²) in [5.74, 6) is -0.315. The van der Waals surface area contributed by atoms with E-state index in [2.05, 4.69) is 15.0 Å². The summed E-state index contributed by atoms with van der Waals surface area (Å²) >= 11 is 8.08. The first-order valence-electron chi connectivity index (χ1n) is 6.33. The highest BCUT2D eigenvalue weighted by atomic mass is 35.5. The summed E-state index contributed by atoms with van der Waals surface area (Å²) in [7, 11) is -2.24. The Balaban J connectivity index is 2.05. The van der Waals surface area contributed by atoms with Gasteiger partial charge in [-0.15, -0.1) is 11.3 Å². The standard InChI is InChI=1S/C12H14ClN3O4S3/c1-7(17)16-12-14-6-11(22-12)23(18,19)15-5-8(20-2)9-3-4-10(13)21-9/h3-4,6,8,15H,5H2,1-2H3,(H,14,16,17)/t8-/m1/s1. The van der Waals surface area contributed by atoms with E-state index in [9.17, 15) is 13.2 Å². The topological polar surface area (TPSA) is 97.4 Å². The largest absolute Gasteiger partial charge is 0.375 e. The molecule has 126 valence electrons. The normalized spacial score (nSPS) is 13.0. The van der Waals surface area contributed by atoms with Gasteiger partial charge in [0.15, 0.2) is 9.34 Å². The summed E-state index contributed by atoms with van der Waals surface area (Å²) < 4.78 is 32.9. The molecule has 0 spiro atoms. The summed E-state index contributed by atoms with van der Waals surface area (Å²) in [5, 5.41) is 2.67. The molecule has 23 heavy (non-hydrogen) atoms. The average Bonchev–Trinajstić information content (AvgIpc) is 3.09. The van der Waals surface area contributed by atoms with Gasteiger partial charge in [0.25, 0.3) is 10.0 Å². The number of carbonyl (C=O) groups excluding carboxylic acids is 1. The Bertz CT molecular complexity index is 787. The van der Waals surface area contributed by atoms with Crippen LogP contribution in [0.2, 0.25) is 4.34 Å². The molecule has 0 aromatic carbocycles. The number of carbonyl (C=O) groups is 1. The number of nitrogens with zero attached hydrogens (tertiary/aromatic N) is 1. The molecule has 0 unspecified atom stereocenters. The van der Waals surface area contributed by atoms with Crippen molar-refractivity contribution in [2.75, 3.05) is 19.0 Å². The molecule has 2 N–H and O–H groups in total. The summed E-state index contributed by atoms with van der Waals surface area (Å²) in [6, 6.07) is 3.52. The van der Waals surface area contributed by atoms with Gasteiger partial charge in [-0.3, -0.25) is 4.79 Å². The van der Waals surface area contributed by atoms with E-state index in [-0.39, 0.29) is 21.8 Å². The van der Waals surface area contributed by atoms with E-state index in [1.807, 2.05) is 0 Å². The zero-order valence-corrected chi connectivity index (χ0v) is 15.4. The Hall–Kier alpha value is -1.04. The molecule has 0 saturated carbocycles. The molecule has 0 aliphatic rings. The van der Waals surface area contributed by atoms with Gasteiger partial charge in [0.1, 0.15) is 6.10 Å². The molecule has 7 nitrogen and oxygen atoms in total. The van der Waals surface area contributed by atoms with Crippen LogP contribution in [0.4, 0.5) is 5.13 Å². The van der Waals surface area contributed by atoms with E-state index in [0.29, 0.717) is 4.34 Å². The minimum Gasteiger partial charge on any atom is -0.375 e. The zero-order chi connectivity index (χ0) is 17.0. The van der Waals surface area contributed by atoms with Crippen molar-refractivity contribution >= 4 is 55.3 Å². The highest BCUT2D eigenvalue weighted by molar-refractivity contribution is 7.91. The predicted molar refractivity (Wildman–Crippen MR) is 90.7 cm³/mol. The van der Waals surface area contributed by atoms with Gasteiger partial charge in [0.05, 0.1) is 10.5 Å². The summed E-state index contributed by atoms with van der Waals surface area (Å²) in [6.07, 6.45) is 0.757. The van der Waals surface area contributed by atoms with Crippen LogP contribution in [0.3, 0.4) is 0 Å². The van der Waals surface area contributed by atoms with Crippen molar-refractivity contribution in [3.05, 3.63) is 27.5 Å². The van der Waals surface area contributed by atoms with Crippen LogP contribution in [0.1, 0.15) is 17.9 Å². The van der Waals surface area contributed by atoms with Crippen molar-refractivity contribution in [1.82, 2.24) is 9.71 Å². The second-order valence-electron chi connectivity index (χ2n) is 4.38. The van der Waals surface area contributed by atoms with E-state index >= 15 is 0 Å². The van der Waals surface area contributed by atoms with Gasteiger partial charge in [-0.05, 0) is 12.1 Å². The van der Waals surface area contributed by atoms with Gasteiger partial charge in [-0.1, -0.05) is 22.9 Å². The van der Waals surface area contributed by atoms with Crippen LogP contribution in [0.25, 0.3) is 0 Å². The summed E-state index contributed by atoms with van der Waals surface area (Å²) in [4.78, 5) is 15.6. The minimum absolute atomic E-state index is 0.0142. The first-order chi connectivity index (χ1) is 10.8. The maximum atomic E-state index is 12.3. The number of ether oxygens (including phenoxy) is 1. The number of anilines is 1. The van der Waals surface area contributed by atoms with Crippen molar-refractivity contribution < 1.29 is 17.9 Å². The minimum atomic E-state index is -3.74. The van der Waals surface area contributed by atoms with E-state index in [1.165, 1.54) is 31.6 Å². The Labute approximate surface area is 146 Å². The molecule has 2 heterocycles. The lowest BCUT2D eigenvalue weighted by Crippen LogP contribution is -2.28. The number of halogens is 1. The Kier molecular flexibility index (Phi) is 6.12. The molecule has 0 fully saturated rings. The number of aromatic nitrogens is 1. The number of thiazole rings is 1. The van der Waals surface area contributed by atoms with Crippen LogP contribution in [0.15, 0.2) is 22.5 Å². The quantitative estimate of drug-likeness (QED) is 0.750. The molecule has 11 heteroatoms. The van der Waals surface area contributed by atoms with Crippen LogP contribution in [0, 0.1) is 0 Å². The Morgan fingerprint density at radius 3 is 2.74 bits per heavy atom. The summed E-state index contributed by atoms with van der Waals surface area (Å²) in [5.41, 5.74) is 0. The van der Waals surface area contributed by atoms with Crippen molar-refractivity contribution in [2.24, 2.45) is 0 Å². The molecular weight excluding hydrogens is 382 g/mol. The van der Waals surface area contributed by atoms with Crippen LogP contribution >= 0.6 is 34.3 Å². The van der Waals surface area contributed by atoms with Crippen LogP contribution < -0.4 is 10.0 Å². The lowest BCUT2D eigenvalue weighted by Gasteiger charge is -2.14. The van der Waals surface area contributed by atoms with Crippen LogP contribution in [-0.4, -0.2) is 33.0 Å². The molecule has 2 aromatic rings. The van der Waals surface area contributed by atoms with E-state index in [1.54, 1.807) is 12.1 Å². The molecule has 0 aliphatic heterocycles. The lowest BCUT2D eigenvalue weighted by atomic mass is 10.3. The number of rotatable bonds is 7. The molecule has 0 saturated heterocycles. The molecule has 2 rings (SSSR count). The van der Waals surface area contributed by atoms with Gasteiger partial charge < -0.3 is 10.1 Å². The van der Waals surface area contributed by atoms with Gasteiger partial charge in [-0.2, -0.15) is 0 Å². The van der Waals surface area contributed by atoms with Crippen molar-refractivity contribution in [3.8, 4) is 0 Å². The number of nitrogens with one attached hydrogen (secondary N) is 2. The second-order valence-corrected chi connectivity index (χ2v) is 9.15. The van der Waals surface area contributed by atoms with Gasteiger partial charge in [0, 0.05) is 25.5 Å². The smallest absolute Gasteiger partial charge is 0.251 e. The van der Waals surface area contributed by atoms with Crippen molar-refractivity contribution in [2.45, 2.75) is 17.2 Å². The van der Waals surface area contributed by atoms with Crippen molar-refractivity contribution in [1.29, 1.82) is 0 Å². The first-order valence-corrected chi connectivity index (χ1v) is 9.82.